The van der Waals surface area contributed by atoms with Crippen molar-refractivity contribution in [2.45, 2.75) is 37.8 Å². The minimum absolute atomic E-state index is 0.144. The van der Waals surface area contributed by atoms with Crippen molar-refractivity contribution in [2.75, 3.05) is 5.32 Å². The summed E-state index contributed by atoms with van der Waals surface area (Å²) in [6, 6.07) is 0.144. The standard InChI is InChI=1S/C9H13ClN2OS/c10-8-5-14-9(12-8)11-6-3-1-2-4-7(6)13/h5-7,13H,1-4H2,(H,11,12). The maximum absolute atomic E-state index is 9.72. The monoisotopic (exact) mass is 232 g/mol. The molecule has 2 atom stereocenters. The van der Waals surface area contributed by atoms with Crippen LogP contribution in [0.25, 0.3) is 0 Å². The average molecular weight is 233 g/mol. The van der Waals surface area contributed by atoms with E-state index in [4.69, 9.17) is 11.6 Å². The number of aromatic nitrogens is 1. The second kappa shape index (κ2) is 4.47. The van der Waals surface area contributed by atoms with E-state index in [2.05, 4.69) is 10.3 Å². The van der Waals surface area contributed by atoms with Crippen molar-refractivity contribution in [3.63, 3.8) is 0 Å². The predicted octanol–water partition coefficient (Wildman–Crippen LogP) is 2.51. The summed E-state index contributed by atoms with van der Waals surface area (Å²) in [6.45, 7) is 0. The number of nitrogens with zero attached hydrogens (tertiary/aromatic N) is 1. The van der Waals surface area contributed by atoms with E-state index in [1.807, 2.05) is 0 Å². The Balaban J connectivity index is 1.95. The van der Waals surface area contributed by atoms with Crippen LogP contribution in [-0.2, 0) is 0 Å². The summed E-state index contributed by atoms with van der Waals surface area (Å²) in [5.74, 6) is 0. The fraction of sp³-hybridized carbons (Fsp3) is 0.667. The Morgan fingerprint density at radius 3 is 2.93 bits per heavy atom. The Kier molecular flexibility index (Phi) is 3.26. The molecule has 0 bridgehead atoms. The Labute approximate surface area is 92.1 Å². The van der Waals surface area contributed by atoms with Crippen molar-refractivity contribution in [3.8, 4) is 0 Å². The first-order valence-corrected chi connectivity index (χ1v) is 6.07. The van der Waals surface area contributed by atoms with Crippen LogP contribution in [0.15, 0.2) is 5.38 Å². The molecule has 0 spiro atoms. The average Bonchev–Trinajstić information content (AvgIpc) is 2.56. The number of hydrogen-bond acceptors (Lipinski definition) is 4. The van der Waals surface area contributed by atoms with Gasteiger partial charge in [-0.25, -0.2) is 4.98 Å². The highest BCUT2D eigenvalue weighted by Crippen LogP contribution is 2.25. The molecule has 0 aliphatic heterocycles. The highest BCUT2D eigenvalue weighted by molar-refractivity contribution is 7.14. The molecule has 14 heavy (non-hydrogen) atoms. The van der Waals surface area contributed by atoms with E-state index < -0.39 is 0 Å². The van der Waals surface area contributed by atoms with Crippen LogP contribution in [-0.4, -0.2) is 22.2 Å². The number of rotatable bonds is 2. The summed E-state index contributed by atoms with van der Waals surface area (Å²) in [4.78, 5) is 4.10. The van der Waals surface area contributed by atoms with Gasteiger partial charge in [0.15, 0.2) is 5.13 Å². The van der Waals surface area contributed by atoms with Gasteiger partial charge in [0.1, 0.15) is 5.15 Å². The van der Waals surface area contributed by atoms with Crippen molar-refractivity contribution in [2.24, 2.45) is 0 Å². The van der Waals surface area contributed by atoms with Gasteiger partial charge < -0.3 is 10.4 Å². The van der Waals surface area contributed by atoms with Gasteiger partial charge in [-0.3, -0.25) is 0 Å². The number of halogens is 1. The minimum atomic E-state index is -0.244. The third-order valence-corrected chi connectivity index (χ3v) is 3.61. The quantitative estimate of drug-likeness (QED) is 0.824. The molecular weight excluding hydrogens is 220 g/mol. The summed E-state index contributed by atoms with van der Waals surface area (Å²) in [5, 5.41) is 16.1. The molecule has 0 radical (unpaired) electrons. The van der Waals surface area contributed by atoms with Crippen LogP contribution in [0.3, 0.4) is 0 Å². The molecule has 1 heterocycles. The Hall–Kier alpha value is -0.320. The first-order valence-electron chi connectivity index (χ1n) is 4.81. The van der Waals surface area contributed by atoms with Crippen LogP contribution in [0.1, 0.15) is 25.7 Å². The zero-order chi connectivity index (χ0) is 9.97. The molecule has 0 amide bonds. The molecule has 1 aliphatic carbocycles. The second-order valence-electron chi connectivity index (χ2n) is 3.58. The van der Waals surface area contributed by atoms with E-state index in [1.54, 1.807) is 5.38 Å². The lowest BCUT2D eigenvalue weighted by atomic mass is 9.93. The van der Waals surface area contributed by atoms with Crippen LogP contribution in [0, 0.1) is 0 Å². The first kappa shape index (κ1) is 10.2. The van der Waals surface area contributed by atoms with E-state index in [1.165, 1.54) is 17.8 Å². The molecule has 78 valence electrons. The molecule has 1 aromatic rings. The van der Waals surface area contributed by atoms with E-state index in [0.29, 0.717) is 5.15 Å². The highest BCUT2D eigenvalue weighted by Gasteiger charge is 2.23. The third kappa shape index (κ3) is 2.38. The van der Waals surface area contributed by atoms with Gasteiger partial charge in [0, 0.05) is 5.38 Å². The number of aliphatic hydroxyl groups is 1. The van der Waals surface area contributed by atoms with Crippen molar-refractivity contribution in [1.82, 2.24) is 4.98 Å². The molecule has 3 nitrogen and oxygen atoms in total. The minimum Gasteiger partial charge on any atom is -0.391 e. The second-order valence-corrected chi connectivity index (χ2v) is 4.82. The van der Waals surface area contributed by atoms with E-state index in [-0.39, 0.29) is 12.1 Å². The summed E-state index contributed by atoms with van der Waals surface area (Å²) < 4.78 is 0. The number of hydrogen-bond donors (Lipinski definition) is 2. The normalized spacial score (nSPS) is 27.6. The maximum Gasteiger partial charge on any atom is 0.184 e. The van der Waals surface area contributed by atoms with Gasteiger partial charge in [-0.1, -0.05) is 24.4 Å². The lowest BCUT2D eigenvalue weighted by molar-refractivity contribution is 0.116. The summed E-state index contributed by atoms with van der Waals surface area (Å²) >= 11 is 7.19. The zero-order valence-corrected chi connectivity index (χ0v) is 9.31. The molecule has 5 heteroatoms. The molecule has 0 saturated heterocycles. The number of thiazole rings is 1. The SMILES string of the molecule is OC1CCCCC1Nc1nc(Cl)cs1. The number of anilines is 1. The third-order valence-electron chi connectivity index (χ3n) is 2.51. The predicted molar refractivity (Wildman–Crippen MR) is 59.0 cm³/mol. The summed E-state index contributed by atoms with van der Waals surface area (Å²) in [5.41, 5.74) is 0. The number of nitrogens with one attached hydrogen (secondary N) is 1. The van der Waals surface area contributed by atoms with Gasteiger partial charge in [0.25, 0.3) is 0 Å². The molecule has 1 saturated carbocycles. The number of aliphatic hydroxyl groups excluding tert-OH is 1. The van der Waals surface area contributed by atoms with Crippen LogP contribution >= 0.6 is 22.9 Å². The van der Waals surface area contributed by atoms with Crippen LogP contribution < -0.4 is 5.32 Å². The van der Waals surface area contributed by atoms with Crippen molar-refractivity contribution < 1.29 is 5.11 Å². The van der Waals surface area contributed by atoms with Gasteiger partial charge in [0.05, 0.1) is 12.1 Å². The fourth-order valence-electron chi connectivity index (χ4n) is 1.76. The lowest BCUT2D eigenvalue weighted by Gasteiger charge is -2.27. The van der Waals surface area contributed by atoms with E-state index in [9.17, 15) is 5.11 Å². The fourth-order valence-corrected chi connectivity index (χ4v) is 2.66. The van der Waals surface area contributed by atoms with Gasteiger partial charge in [-0.05, 0) is 12.8 Å². The van der Waals surface area contributed by atoms with Crippen LogP contribution in [0.2, 0.25) is 5.15 Å². The smallest absolute Gasteiger partial charge is 0.184 e. The molecule has 2 N–H and O–H groups in total. The van der Waals surface area contributed by atoms with Gasteiger partial charge in [-0.2, -0.15) is 0 Å². The summed E-state index contributed by atoms with van der Waals surface area (Å²) in [6.07, 6.45) is 3.95. The highest BCUT2D eigenvalue weighted by atomic mass is 35.5. The first-order chi connectivity index (χ1) is 6.75. The van der Waals surface area contributed by atoms with Crippen molar-refractivity contribution >= 4 is 28.1 Å². The molecule has 1 aliphatic rings. The van der Waals surface area contributed by atoms with Crippen molar-refractivity contribution in [1.29, 1.82) is 0 Å². The van der Waals surface area contributed by atoms with E-state index in [0.717, 1.165) is 24.4 Å². The Bertz CT molecular complexity index is 305. The largest absolute Gasteiger partial charge is 0.391 e. The molecule has 2 rings (SSSR count). The zero-order valence-electron chi connectivity index (χ0n) is 7.74. The molecule has 2 unspecified atom stereocenters. The topological polar surface area (TPSA) is 45.1 Å². The molecule has 0 aromatic carbocycles. The van der Waals surface area contributed by atoms with Gasteiger partial charge in [-0.15, -0.1) is 11.3 Å². The lowest BCUT2D eigenvalue weighted by Crippen LogP contribution is -2.36. The van der Waals surface area contributed by atoms with Crippen molar-refractivity contribution in [3.05, 3.63) is 10.5 Å². The summed E-state index contributed by atoms with van der Waals surface area (Å²) in [7, 11) is 0. The molecule has 1 fully saturated rings. The maximum atomic E-state index is 9.72. The Morgan fingerprint density at radius 2 is 2.29 bits per heavy atom. The Morgan fingerprint density at radius 1 is 1.50 bits per heavy atom. The van der Waals surface area contributed by atoms with Gasteiger partial charge in [0.2, 0.25) is 0 Å². The van der Waals surface area contributed by atoms with Crippen LogP contribution in [0.5, 0.6) is 0 Å². The van der Waals surface area contributed by atoms with E-state index >= 15 is 0 Å². The molecule has 1 aromatic heterocycles. The van der Waals surface area contributed by atoms with Crippen LogP contribution in [0.4, 0.5) is 5.13 Å². The molecular formula is C9H13ClN2OS. The van der Waals surface area contributed by atoms with Gasteiger partial charge >= 0.3 is 0 Å².